The normalized spacial score (nSPS) is 16.3. The minimum absolute atomic E-state index is 0.00699. The number of anilines is 1. The number of para-hydroxylation sites is 1. The highest BCUT2D eigenvalue weighted by Crippen LogP contribution is 2.26. The number of benzene rings is 2. The standard InChI is InChI=1S/C29H32N6O2/c1-20-8-10-21(11-9-20)28-32-27(37-33-28)7-4-14-34-15-17-35(18-16-34)26-19-24(29(36)30-22-12-13-22)23-5-2-3-6-25(23)31-26/h2-3,5-6,8-11,19,22H,4,7,12-18H2,1H3,(H,30,36). The van der Waals surface area contributed by atoms with Gasteiger partial charge < -0.3 is 14.7 Å². The second kappa shape index (κ2) is 10.3. The highest BCUT2D eigenvalue weighted by atomic mass is 16.5. The molecule has 0 spiro atoms. The van der Waals surface area contributed by atoms with E-state index in [0.29, 0.717) is 17.8 Å². The summed E-state index contributed by atoms with van der Waals surface area (Å²) in [6.07, 6.45) is 3.88. The minimum Gasteiger partial charge on any atom is -0.354 e. The Morgan fingerprint density at radius 3 is 2.59 bits per heavy atom. The Balaban J connectivity index is 1.04. The molecule has 6 rings (SSSR count). The molecule has 8 heteroatoms. The monoisotopic (exact) mass is 496 g/mol. The Labute approximate surface area is 216 Å². The van der Waals surface area contributed by atoms with E-state index in [0.717, 1.165) is 86.3 Å². The van der Waals surface area contributed by atoms with E-state index < -0.39 is 0 Å². The number of carbonyl (C=O) groups is 1. The fourth-order valence-electron chi connectivity index (χ4n) is 4.83. The van der Waals surface area contributed by atoms with Gasteiger partial charge in [-0.15, -0.1) is 0 Å². The Morgan fingerprint density at radius 2 is 1.81 bits per heavy atom. The number of hydrogen-bond acceptors (Lipinski definition) is 7. The van der Waals surface area contributed by atoms with Gasteiger partial charge in [0, 0.05) is 49.6 Å². The predicted octanol–water partition coefficient (Wildman–Crippen LogP) is 4.24. The van der Waals surface area contributed by atoms with Crippen LogP contribution in [-0.2, 0) is 6.42 Å². The molecule has 1 amide bonds. The first-order valence-electron chi connectivity index (χ1n) is 13.2. The lowest BCUT2D eigenvalue weighted by Crippen LogP contribution is -2.47. The maximum atomic E-state index is 12.9. The van der Waals surface area contributed by atoms with Crippen LogP contribution in [0.25, 0.3) is 22.3 Å². The maximum Gasteiger partial charge on any atom is 0.252 e. The summed E-state index contributed by atoms with van der Waals surface area (Å²) in [5.74, 6) is 2.23. The number of rotatable bonds is 8. The SMILES string of the molecule is Cc1ccc(-c2noc(CCCN3CCN(c4cc(C(=O)NC5CC5)c5ccccc5n4)CC3)n2)cc1. The zero-order valence-corrected chi connectivity index (χ0v) is 21.2. The van der Waals surface area contributed by atoms with Crippen molar-refractivity contribution in [1.29, 1.82) is 0 Å². The Kier molecular flexibility index (Phi) is 6.57. The van der Waals surface area contributed by atoms with Crippen LogP contribution >= 0.6 is 0 Å². The zero-order chi connectivity index (χ0) is 25.2. The number of nitrogens with zero attached hydrogens (tertiary/aromatic N) is 5. The molecule has 0 atom stereocenters. The average molecular weight is 497 g/mol. The summed E-state index contributed by atoms with van der Waals surface area (Å²) in [4.78, 5) is 27.2. The highest BCUT2D eigenvalue weighted by molar-refractivity contribution is 6.07. The Bertz CT molecular complexity index is 1390. The van der Waals surface area contributed by atoms with Crippen LogP contribution in [-0.4, -0.2) is 64.7 Å². The van der Waals surface area contributed by atoms with Crippen LogP contribution in [0.3, 0.4) is 0 Å². The summed E-state index contributed by atoms with van der Waals surface area (Å²) in [5, 5.41) is 8.19. The van der Waals surface area contributed by atoms with Crippen LogP contribution < -0.4 is 10.2 Å². The van der Waals surface area contributed by atoms with Crippen molar-refractivity contribution in [2.24, 2.45) is 0 Å². The number of hydrogen-bond donors (Lipinski definition) is 1. The van der Waals surface area contributed by atoms with Crippen molar-refractivity contribution in [3.8, 4) is 11.4 Å². The van der Waals surface area contributed by atoms with Gasteiger partial charge in [-0.1, -0.05) is 53.2 Å². The molecule has 0 unspecified atom stereocenters. The van der Waals surface area contributed by atoms with Gasteiger partial charge in [0.05, 0.1) is 11.1 Å². The largest absolute Gasteiger partial charge is 0.354 e. The van der Waals surface area contributed by atoms with Crippen molar-refractivity contribution in [3.63, 3.8) is 0 Å². The molecule has 2 fully saturated rings. The van der Waals surface area contributed by atoms with Gasteiger partial charge in [0.15, 0.2) is 0 Å². The number of piperazine rings is 1. The first-order chi connectivity index (χ1) is 18.1. The fraction of sp³-hybridized carbons (Fsp3) is 0.379. The summed E-state index contributed by atoms with van der Waals surface area (Å²) in [6, 6.07) is 18.4. The van der Waals surface area contributed by atoms with Crippen LogP contribution in [0, 0.1) is 6.92 Å². The first-order valence-corrected chi connectivity index (χ1v) is 13.2. The van der Waals surface area contributed by atoms with Gasteiger partial charge in [0.2, 0.25) is 11.7 Å². The van der Waals surface area contributed by atoms with Gasteiger partial charge in [0.1, 0.15) is 5.82 Å². The number of amides is 1. The molecular weight excluding hydrogens is 464 g/mol. The number of pyridine rings is 1. The molecule has 1 saturated carbocycles. The highest BCUT2D eigenvalue weighted by Gasteiger charge is 2.26. The molecule has 0 bridgehead atoms. The number of aryl methyl sites for hydroxylation is 2. The van der Waals surface area contributed by atoms with Crippen LogP contribution in [0.5, 0.6) is 0 Å². The summed E-state index contributed by atoms with van der Waals surface area (Å²) >= 11 is 0. The van der Waals surface area contributed by atoms with Crippen LogP contribution in [0.15, 0.2) is 59.1 Å². The van der Waals surface area contributed by atoms with Crippen molar-refractivity contribution in [1.82, 2.24) is 25.3 Å². The molecule has 2 aromatic carbocycles. The fourth-order valence-corrected chi connectivity index (χ4v) is 4.83. The zero-order valence-electron chi connectivity index (χ0n) is 21.2. The van der Waals surface area contributed by atoms with Gasteiger partial charge in [-0.25, -0.2) is 4.98 Å². The molecule has 1 aliphatic carbocycles. The van der Waals surface area contributed by atoms with Gasteiger partial charge in [-0.2, -0.15) is 4.98 Å². The van der Waals surface area contributed by atoms with Crippen molar-refractivity contribution >= 4 is 22.6 Å². The van der Waals surface area contributed by atoms with Gasteiger partial charge in [-0.3, -0.25) is 9.69 Å². The molecule has 190 valence electrons. The molecule has 1 aliphatic heterocycles. The van der Waals surface area contributed by atoms with Crippen LogP contribution in [0.1, 0.15) is 41.1 Å². The van der Waals surface area contributed by atoms with E-state index in [1.165, 1.54) is 5.56 Å². The molecular formula is C29H32N6O2. The molecule has 2 aliphatic rings. The third-order valence-electron chi connectivity index (χ3n) is 7.20. The van der Waals surface area contributed by atoms with Gasteiger partial charge in [0.25, 0.3) is 5.91 Å². The lowest BCUT2D eigenvalue weighted by molar-refractivity contribution is 0.0952. The number of carbonyl (C=O) groups excluding carboxylic acids is 1. The average Bonchev–Trinajstić information content (AvgIpc) is 3.62. The lowest BCUT2D eigenvalue weighted by Gasteiger charge is -2.35. The molecule has 2 aromatic heterocycles. The van der Waals surface area contributed by atoms with Gasteiger partial charge in [-0.05, 0) is 44.9 Å². The number of aromatic nitrogens is 3. The molecule has 3 heterocycles. The smallest absolute Gasteiger partial charge is 0.252 e. The molecule has 8 nitrogen and oxygen atoms in total. The summed E-state index contributed by atoms with van der Waals surface area (Å²) in [5.41, 5.74) is 3.78. The molecule has 37 heavy (non-hydrogen) atoms. The number of nitrogens with one attached hydrogen (secondary N) is 1. The first kappa shape index (κ1) is 23.6. The van der Waals surface area contributed by atoms with E-state index >= 15 is 0 Å². The quantitative estimate of drug-likeness (QED) is 0.390. The molecule has 4 aromatic rings. The second-order valence-corrected chi connectivity index (χ2v) is 10.1. The van der Waals surface area contributed by atoms with E-state index in [1.807, 2.05) is 42.5 Å². The second-order valence-electron chi connectivity index (χ2n) is 10.1. The van der Waals surface area contributed by atoms with E-state index in [1.54, 1.807) is 0 Å². The van der Waals surface area contributed by atoms with Crippen molar-refractivity contribution < 1.29 is 9.32 Å². The van der Waals surface area contributed by atoms with Crippen molar-refractivity contribution in [2.45, 2.75) is 38.6 Å². The summed E-state index contributed by atoms with van der Waals surface area (Å²) in [6.45, 7) is 6.72. The molecule has 1 N–H and O–H groups in total. The van der Waals surface area contributed by atoms with E-state index in [9.17, 15) is 4.79 Å². The Hall–Kier alpha value is -3.78. The number of fused-ring (bicyclic) bond motifs is 1. The lowest BCUT2D eigenvalue weighted by atomic mass is 10.1. The topological polar surface area (TPSA) is 87.4 Å². The van der Waals surface area contributed by atoms with Gasteiger partial charge >= 0.3 is 0 Å². The van der Waals surface area contributed by atoms with Crippen LogP contribution in [0.2, 0.25) is 0 Å². The predicted molar refractivity (Wildman–Crippen MR) is 144 cm³/mol. The molecule has 1 saturated heterocycles. The minimum atomic E-state index is 0.00699. The maximum absolute atomic E-state index is 12.9. The van der Waals surface area contributed by atoms with Crippen molar-refractivity contribution in [2.75, 3.05) is 37.6 Å². The van der Waals surface area contributed by atoms with Crippen LogP contribution in [0.4, 0.5) is 5.82 Å². The Morgan fingerprint density at radius 1 is 1.03 bits per heavy atom. The third kappa shape index (κ3) is 5.49. The summed E-state index contributed by atoms with van der Waals surface area (Å²) in [7, 11) is 0. The van der Waals surface area contributed by atoms with E-state index in [2.05, 4.69) is 44.3 Å². The van der Waals surface area contributed by atoms with E-state index in [4.69, 9.17) is 9.51 Å². The third-order valence-corrected chi connectivity index (χ3v) is 7.20. The molecule has 0 radical (unpaired) electrons. The summed E-state index contributed by atoms with van der Waals surface area (Å²) < 4.78 is 5.48. The van der Waals surface area contributed by atoms with Crippen molar-refractivity contribution in [3.05, 3.63) is 71.6 Å². The van der Waals surface area contributed by atoms with E-state index in [-0.39, 0.29) is 5.91 Å².